The Morgan fingerprint density at radius 3 is 2.60 bits per heavy atom. The quantitative estimate of drug-likeness (QED) is 0.631. The van der Waals surface area contributed by atoms with E-state index in [0.29, 0.717) is 17.3 Å². The SMILES string of the molecule is CCCN(CC#N)C(=O)c1cc(Cl)nc(C(C)(C)C)c1. The monoisotopic (exact) mass is 293 g/mol. The molecule has 1 heterocycles. The molecule has 0 aliphatic rings. The lowest BCUT2D eigenvalue weighted by molar-refractivity contribution is 0.0776. The van der Waals surface area contributed by atoms with E-state index in [0.717, 1.165) is 12.1 Å². The lowest BCUT2D eigenvalue weighted by Gasteiger charge is -2.22. The Balaban J connectivity index is 3.15. The maximum Gasteiger partial charge on any atom is 0.254 e. The number of carbonyl (C=O) groups is 1. The number of halogens is 1. The largest absolute Gasteiger partial charge is 0.325 e. The average molecular weight is 294 g/mol. The van der Waals surface area contributed by atoms with Crippen molar-refractivity contribution in [1.29, 1.82) is 5.26 Å². The molecule has 0 aliphatic carbocycles. The smallest absolute Gasteiger partial charge is 0.254 e. The fraction of sp³-hybridized carbons (Fsp3) is 0.533. The van der Waals surface area contributed by atoms with Gasteiger partial charge in [0.1, 0.15) is 11.7 Å². The number of carbonyl (C=O) groups excluding carboxylic acids is 1. The van der Waals surface area contributed by atoms with Crippen LogP contribution < -0.4 is 0 Å². The summed E-state index contributed by atoms with van der Waals surface area (Å²) in [7, 11) is 0. The molecule has 0 radical (unpaired) electrons. The lowest BCUT2D eigenvalue weighted by Crippen LogP contribution is -2.32. The van der Waals surface area contributed by atoms with Crippen molar-refractivity contribution in [3.8, 4) is 6.07 Å². The lowest BCUT2D eigenvalue weighted by atomic mass is 9.91. The van der Waals surface area contributed by atoms with Gasteiger partial charge in [-0.25, -0.2) is 4.98 Å². The zero-order chi connectivity index (χ0) is 15.3. The fourth-order valence-electron chi connectivity index (χ4n) is 1.79. The van der Waals surface area contributed by atoms with Gasteiger partial charge >= 0.3 is 0 Å². The Morgan fingerprint density at radius 1 is 1.45 bits per heavy atom. The molecule has 0 saturated carbocycles. The van der Waals surface area contributed by atoms with Crippen LogP contribution in [0.4, 0.5) is 0 Å². The van der Waals surface area contributed by atoms with E-state index in [1.54, 1.807) is 12.1 Å². The predicted molar refractivity (Wildman–Crippen MR) is 79.8 cm³/mol. The first-order valence-corrected chi connectivity index (χ1v) is 7.01. The van der Waals surface area contributed by atoms with Gasteiger partial charge in [0.2, 0.25) is 0 Å². The van der Waals surface area contributed by atoms with Crippen LogP contribution in [-0.2, 0) is 5.41 Å². The highest BCUT2D eigenvalue weighted by Gasteiger charge is 2.21. The van der Waals surface area contributed by atoms with Crippen molar-refractivity contribution in [2.75, 3.05) is 13.1 Å². The first kappa shape index (κ1) is 16.5. The maximum absolute atomic E-state index is 12.4. The summed E-state index contributed by atoms with van der Waals surface area (Å²) < 4.78 is 0. The standard InChI is InChI=1S/C15H20ClN3O/c1-5-7-19(8-6-17)14(20)11-9-12(15(2,3)4)18-13(16)10-11/h9-10H,5,7-8H2,1-4H3. The molecule has 0 aliphatic heterocycles. The molecule has 5 heteroatoms. The normalized spacial score (nSPS) is 11.0. The van der Waals surface area contributed by atoms with Crippen molar-refractivity contribution in [2.45, 2.75) is 39.5 Å². The van der Waals surface area contributed by atoms with Crippen molar-refractivity contribution in [3.05, 3.63) is 28.5 Å². The molecule has 20 heavy (non-hydrogen) atoms. The predicted octanol–water partition coefficient (Wildman–Crippen LogP) is 3.41. The van der Waals surface area contributed by atoms with Gasteiger partial charge in [-0.2, -0.15) is 5.26 Å². The second-order valence-corrected chi connectivity index (χ2v) is 6.09. The second-order valence-electron chi connectivity index (χ2n) is 5.70. The van der Waals surface area contributed by atoms with Gasteiger partial charge < -0.3 is 4.90 Å². The van der Waals surface area contributed by atoms with Crippen LogP contribution in [0.3, 0.4) is 0 Å². The van der Waals surface area contributed by atoms with Crippen LogP contribution in [0, 0.1) is 11.3 Å². The van der Waals surface area contributed by atoms with Crippen LogP contribution in [0.15, 0.2) is 12.1 Å². The van der Waals surface area contributed by atoms with Gasteiger partial charge in [0.15, 0.2) is 0 Å². The van der Waals surface area contributed by atoms with Gasteiger partial charge in [0.05, 0.1) is 6.07 Å². The third-order valence-electron chi connectivity index (χ3n) is 2.85. The molecule has 0 bridgehead atoms. The van der Waals surface area contributed by atoms with Gasteiger partial charge in [0.25, 0.3) is 5.91 Å². The highest BCUT2D eigenvalue weighted by Crippen LogP contribution is 2.24. The van der Waals surface area contributed by atoms with Crippen LogP contribution in [0.1, 0.15) is 50.2 Å². The minimum atomic E-state index is -0.190. The minimum absolute atomic E-state index is 0.0808. The van der Waals surface area contributed by atoms with Crippen LogP contribution in [-0.4, -0.2) is 28.9 Å². The Bertz CT molecular complexity index is 529. The summed E-state index contributed by atoms with van der Waals surface area (Å²) in [5, 5.41) is 9.12. The number of hydrogen-bond acceptors (Lipinski definition) is 3. The molecule has 1 aromatic heterocycles. The number of amides is 1. The average Bonchev–Trinajstić information content (AvgIpc) is 2.36. The summed E-state index contributed by atoms with van der Waals surface area (Å²) in [4.78, 5) is 18.2. The molecular formula is C15H20ClN3O. The van der Waals surface area contributed by atoms with Gasteiger partial charge in [0, 0.05) is 23.2 Å². The molecule has 0 spiro atoms. The molecule has 4 nitrogen and oxygen atoms in total. The van der Waals surface area contributed by atoms with Crippen LogP contribution >= 0.6 is 11.6 Å². The van der Waals surface area contributed by atoms with E-state index >= 15 is 0 Å². The molecule has 0 fully saturated rings. The zero-order valence-electron chi connectivity index (χ0n) is 12.4. The summed E-state index contributed by atoms with van der Waals surface area (Å²) in [6.07, 6.45) is 0.804. The number of nitrogens with zero attached hydrogens (tertiary/aromatic N) is 3. The van der Waals surface area contributed by atoms with E-state index in [4.69, 9.17) is 16.9 Å². The number of rotatable bonds is 4. The number of nitriles is 1. The van der Waals surface area contributed by atoms with Gasteiger partial charge in [-0.1, -0.05) is 39.3 Å². The first-order valence-electron chi connectivity index (χ1n) is 6.64. The van der Waals surface area contributed by atoms with E-state index in [2.05, 4.69) is 4.98 Å². The van der Waals surface area contributed by atoms with Gasteiger partial charge in [-0.3, -0.25) is 4.79 Å². The minimum Gasteiger partial charge on any atom is -0.325 e. The Morgan fingerprint density at radius 2 is 2.10 bits per heavy atom. The van der Waals surface area contributed by atoms with E-state index in [1.165, 1.54) is 4.90 Å². The second kappa shape index (κ2) is 6.71. The highest BCUT2D eigenvalue weighted by molar-refractivity contribution is 6.29. The number of aromatic nitrogens is 1. The molecule has 0 atom stereocenters. The summed E-state index contributed by atoms with van der Waals surface area (Å²) in [6.45, 7) is 8.64. The molecule has 0 saturated heterocycles. The summed E-state index contributed by atoms with van der Waals surface area (Å²) in [5.74, 6) is -0.178. The van der Waals surface area contributed by atoms with Crippen molar-refractivity contribution in [2.24, 2.45) is 0 Å². The Hall–Kier alpha value is -1.60. The third kappa shape index (κ3) is 4.21. The molecule has 0 N–H and O–H groups in total. The molecule has 108 valence electrons. The molecule has 1 rings (SSSR count). The molecule has 1 aromatic rings. The molecule has 0 aromatic carbocycles. The molecular weight excluding hydrogens is 274 g/mol. The topological polar surface area (TPSA) is 57.0 Å². The summed E-state index contributed by atoms with van der Waals surface area (Å²) >= 11 is 6.01. The summed E-state index contributed by atoms with van der Waals surface area (Å²) in [6, 6.07) is 5.33. The Labute approximate surface area is 125 Å². The van der Waals surface area contributed by atoms with E-state index < -0.39 is 0 Å². The van der Waals surface area contributed by atoms with Crippen LogP contribution in [0.25, 0.3) is 0 Å². The van der Waals surface area contributed by atoms with E-state index in [-0.39, 0.29) is 17.9 Å². The summed E-state index contributed by atoms with van der Waals surface area (Å²) in [5.41, 5.74) is 1.06. The van der Waals surface area contributed by atoms with Crippen molar-refractivity contribution < 1.29 is 4.79 Å². The van der Waals surface area contributed by atoms with E-state index in [1.807, 2.05) is 33.8 Å². The number of pyridine rings is 1. The van der Waals surface area contributed by atoms with Crippen molar-refractivity contribution in [1.82, 2.24) is 9.88 Å². The van der Waals surface area contributed by atoms with Crippen molar-refractivity contribution >= 4 is 17.5 Å². The van der Waals surface area contributed by atoms with Gasteiger partial charge in [-0.05, 0) is 18.6 Å². The Kier molecular flexibility index (Phi) is 5.52. The highest BCUT2D eigenvalue weighted by atomic mass is 35.5. The van der Waals surface area contributed by atoms with E-state index in [9.17, 15) is 4.79 Å². The van der Waals surface area contributed by atoms with Crippen LogP contribution in [0.5, 0.6) is 0 Å². The zero-order valence-corrected chi connectivity index (χ0v) is 13.2. The maximum atomic E-state index is 12.4. The molecule has 1 amide bonds. The van der Waals surface area contributed by atoms with Crippen molar-refractivity contribution in [3.63, 3.8) is 0 Å². The molecule has 0 unspecified atom stereocenters. The fourth-order valence-corrected chi connectivity index (χ4v) is 2.00. The first-order chi connectivity index (χ1) is 9.29. The van der Waals surface area contributed by atoms with Crippen LogP contribution in [0.2, 0.25) is 5.15 Å². The third-order valence-corrected chi connectivity index (χ3v) is 3.05. The number of hydrogen-bond donors (Lipinski definition) is 0. The van der Waals surface area contributed by atoms with Gasteiger partial charge in [-0.15, -0.1) is 0 Å².